The van der Waals surface area contributed by atoms with Crippen molar-refractivity contribution in [3.63, 3.8) is 0 Å². The van der Waals surface area contributed by atoms with Crippen LogP contribution < -0.4 is 27.4 Å². The van der Waals surface area contributed by atoms with Crippen LogP contribution in [0.5, 0.6) is 0 Å². The van der Waals surface area contributed by atoms with E-state index >= 15 is 0 Å². The number of rotatable bonds is 15. The second-order valence-electron chi connectivity index (χ2n) is 7.04. The van der Waals surface area contributed by atoms with Gasteiger partial charge in [-0.1, -0.05) is 26.7 Å². The van der Waals surface area contributed by atoms with E-state index in [4.69, 9.17) is 16.6 Å². The highest BCUT2D eigenvalue weighted by Crippen LogP contribution is 2.08. The van der Waals surface area contributed by atoms with Crippen LogP contribution in [0.3, 0.4) is 0 Å². The molecule has 172 valence electrons. The summed E-state index contributed by atoms with van der Waals surface area (Å²) in [6.45, 7) is 3.33. The minimum Gasteiger partial charge on any atom is -0.481 e. The van der Waals surface area contributed by atoms with E-state index in [1.165, 1.54) is 0 Å². The van der Waals surface area contributed by atoms with Crippen molar-refractivity contribution in [2.75, 3.05) is 13.1 Å². The lowest BCUT2D eigenvalue weighted by Gasteiger charge is -2.23. The lowest BCUT2D eigenvalue weighted by molar-refractivity contribution is -0.144. The summed E-state index contributed by atoms with van der Waals surface area (Å²) in [5.74, 6) is -5.36. The van der Waals surface area contributed by atoms with E-state index in [0.717, 1.165) is 0 Å². The molecule has 12 heteroatoms. The zero-order valence-corrected chi connectivity index (χ0v) is 17.3. The zero-order chi connectivity index (χ0) is 23.3. The Hall–Kier alpha value is -2.73. The van der Waals surface area contributed by atoms with Gasteiger partial charge >= 0.3 is 11.9 Å². The van der Waals surface area contributed by atoms with Gasteiger partial charge in [0, 0.05) is 0 Å². The Bertz CT molecular complexity index is 614. The van der Waals surface area contributed by atoms with Gasteiger partial charge in [-0.2, -0.15) is 0 Å². The predicted molar refractivity (Wildman–Crippen MR) is 107 cm³/mol. The highest BCUT2D eigenvalue weighted by molar-refractivity contribution is 5.94. The molecule has 0 aromatic rings. The molecular formula is C18H33N5O7. The maximum Gasteiger partial charge on any atom is 0.326 e. The molecule has 0 aliphatic carbocycles. The molecule has 0 spiro atoms. The Balaban J connectivity index is 4.86. The van der Waals surface area contributed by atoms with Crippen LogP contribution in [0.1, 0.15) is 46.0 Å². The molecule has 3 amide bonds. The SMILES string of the molecule is CCC(C)C(NC(=O)C(CC(=O)O)NC(=O)CNC(=O)C(N)CCCCN)C(=O)O. The van der Waals surface area contributed by atoms with Crippen LogP contribution in [0.15, 0.2) is 0 Å². The van der Waals surface area contributed by atoms with Crippen molar-refractivity contribution in [2.45, 2.75) is 64.1 Å². The Morgan fingerprint density at radius 2 is 1.63 bits per heavy atom. The van der Waals surface area contributed by atoms with Crippen LogP contribution >= 0.6 is 0 Å². The molecule has 0 fully saturated rings. The van der Waals surface area contributed by atoms with Gasteiger partial charge in [0.2, 0.25) is 17.7 Å². The number of carbonyl (C=O) groups is 5. The highest BCUT2D eigenvalue weighted by Gasteiger charge is 2.30. The van der Waals surface area contributed by atoms with Gasteiger partial charge in [0.05, 0.1) is 19.0 Å². The minimum atomic E-state index is -1.50. The summed E-state index contributed by atoms with van der Waals surface area (Å²) in [7, 11) is 0. The molecule has 0 aromatic heterocycles. The quantitative estimate of drug-likeness (QED) is 0.144. The Labute approximate surface area is 175 Å². The van der Waals surface area contributed by atoms with Gasteiger partial charge in [-0.15, -0.1) is 0 Å². The molecule has 0 aliphatic rings. The van der Waals surface area contributed by atoms with Crippen molar-refractivity contribution in [2.24, 2.45) is 17.4 Å². The number of nitrogens with two attached hydrogens (primary N) is 2. The highest BCUT2D eigenvalue weighted by atomic mass is 16.4. The summed E-state index contributed by atoms with van der Waals surface area (Å²) in [6, 6.07) is -3.56. The van der Waals surface area contributed by atoms with Gasteiger partial charge in [-0.25, -0.2) is 4.79 Å². The van der Waals surface area contributed by atoms with E-state index in [1.54, 1.807) is 13.8 Å². The van der Waals surface area contributed by atoms with E-state index in [9.17, 15) is 29.1 Å². The minimum absolute atomic E-state index is 0.390. The van der Waals surface area contributed by atoms with Crippen molar-refractivity contribution in [1.29, 1.82) is 0 Å². The molecule has 0 aliphatic heterocycles. The largest absolute Gasteiger partial charge is 0.481 e. The molecule has 0 heterocycles. The first kappa shape index (κ1) is 27.3. The van der Waals surface area contributed by atoms with Crippen LogP contribution in [-0.4, -0.2) is 71.1 Å². The molecular weight excluding hydrogens is 398 g/mol. The van der Waals surface area contributed by atoms with Gasteiger partial charge in [0.25, 0.3) is 0 Å². The molecule has 0 aromatic carbocycles. The molecule has 12 nitrogen and oxygen atoms in total. The average molecular weight is 431 g/mol. The average Bonchev–Trinajstić information content (AvgIpc) is 2.68. The van der Waals surface area contributed by atoms with Crippen LogP contribution in [-0.2, 0) is 24.0 Å². The molecule has 0 bridgehead atoms. The smallest absolute Gasteiger partial charge is 0.326 e. The first-order valence-corrected chi connectivity index (χ1v) is 9.81. The van der Waals surface area contributed by atoms with E-state index in [2.05, 4.69) is 16.0 Å². The first-order valence-electron chi connectivity index (χ1n) is 9.81. The van der Waals surface area contributed by atoms with Crippen molar-refractivity contribution >= 4 is 29.7 Å². The number of hydrogen-bond acceptors (Lipinski definition) is 7. The fraction of sp³-hybridized carbons (Fsp3) is 0.722. The summed E-state index contributed by atoms with van der Waals surface area (Å²) < 4.78 is 0. The number of nitrogens with one attached hydrogen (secondary N) is 3. The molecule has 0 radical (unpaired) electrons. The fourth-order valence-electron chi connectivity index (χ4n) is 2.50. The first-order chi connectivity index (χ1) is 14.0. The number of hydrogen-bond donors (Lipinski definition) is 7. The molecule has 9 N–H and O–H groups in total. The van der Waals surface area contributed by atoms with E-state index in [1.807, 2.05) is 0 Å². The predicted octanol–water partition coefficient (Wildman–Crippen LogP) is -1.87. The Kier molecular flexibility index (Phi) is 13.0. The van der Waals surface area contributed by atoms with Crippen molar-refractivity contribution < 1.29 is 34.2 Å². The standard InChI is InChI=1S/C18H33N5O7/c1-3-10(2)15(18(29)30)23-17(28)12(8-14(25)26)22-13(24)9-21-16(27)11(20)6-4-5-7-19/h10-12,15H,3-9,19-20H2,1-2H3,(H,21,27)(H,22,24)(H,23,28)(H,25,26)(H,29,30). The maximum absolute atomic E-state index is 12.4. The lowest BCUT2D eigenvalue weighted by atomic mass is 9.98. The van der Waals surface area contributed by atoms with Crippen LogP contribution in [0.4, 0.5) is 0 Å². The zero-order valence-electron chi connectivity index (χ0n) is 17.3. The van der Waals surface area contributed by atoms with E-state index in [-0.39, 0.29) is 0 Å². The molecule has 0 saturated carbocycles. The van der Waals surface area contributed by atoms with Crippen LogP contribution in [0.25, 0.3) is 0 Å². The van der Waals surface area contributed by atoms with Gasteiger partial charge in [-0.3, -0.25) is 19.2 Å². The fourth-order valence-corrected chi connectivity index (χ4v) is 2.50. The van der Waals surface area contributed by atoms with Gasteiger partial charge in [-0.05, 0) is 25.3 Å². The third-order valence-corrected chi connectivity index (χ3v) is 4.54. The van der Waals surface area contributed by atoms with E-state index in [0.29, 0.717) is 32.2 Å². The summed E-state index contributed by atoms with van der Waals surface area (Å²) >= 11 is 0. The topological polar surface area (TPSA) is 214 Å². The number of aliphatic carboxylic acids is 2. The molecule has 0 rings (SSSR count). The maximum atomic E-state index is 12.4. The van der Waals surface area contributed by atoms with Crippen LogP contribution in [0.2, 0.25) is 0 Å². The van der Waals surface area contributed by atoms with Gasteiger partial charge < -0.3 is 37.6 Å². The Morgan fingerprint density at radius 1 is 1.00 bits per heavy atom. The molecule has 4 atom stereocenters. The van der Waals surface area contributed by atoms with Crippen LogP contribution in [0, 0.1) is 5.92 Å². The molecule has 4 unspecified atom stereocenters. The second kappa shape index (κ2) is 14.3. The number of carboxylic acid groups (broad SMARTS) is 2. The third kappa shape index (κ3) is 10.7. The summed E-state index contributed by atoms with van der Waals surface area (Å²) in [5.41, 5.74) is 11.1. The monoisotopic (exact) mass is 431 g/mol. The number of carbonyl (C=O) groups excluding carboxylic acids is 3. The van der Waals surface area contributed by atoms with Crippen molar-refractivity contribution in [3.8, 4) is 0 Å². The normalized spacial score (nSPS) is 14.7. The summed E-state index contributed by atoms with van der Waals surface area (Å²) in [6.07, 6.45) is 1.46. The lowest BCUT2D eigenvalue weighted by Crippen LogP contribution is -2.55. The number of unbranched alkanes of at least 4 members (excludes halogenated alkanes) is 1. The van der Waals surface area contributed by atoms with E-state index < -0.39 is 66.7 Å². The Morgan fingerprint density at radius 3 is 2.13 bits per heavy atom. The number of amides is 3. The van der Waals surface area contributed by atoms with Crippen molar-refractivity contribution in [1.82, 2.24) is 16.0 Å². The molecule has 0 saturated heterocycles. The third-order valence-electron chi connectivity index (χ3n) is 4.54. The number of carboxylic acids is 2. The van der Waals surface area contributed by atoms with Gasteiger partial charge in [0.15, 0.2) is 0 Å². The molecule has 30 heavy (non-hydrogen) atoms. The van der Waals surface area contributed by atoms with Gasteiger partial charge in [0.1, 0.15) is 12.1 Å². The van der Waals surface area contributed by atoms with Crippen molar-refractivity contribution in [3.05, 3.63) is 0 Å². The summed E-state index contributed by atoms with van der Waals surface area (Å²) in [4.78, 5) is 58.7. The summed E-state index contributed by atoms with van der Waals surface area (Å²) in [5, 5.41) is 25.0. The second-order valence-corrected chi connectivity index (χ2v) is 7.04.